The van der Waals surface area contributed by atoms with Gasteiger partial charge in [-0.2, -0.15) is 0 Å². The molecule has 1 amide bonds. The Morgan fingerprint density at radius 3 is 2.60 bits per heavy atom. The Hall–Kier alpha value is -1.42. The lowest BCUT2D eigenvalue weighted by Crippen LogP contribution is -1.99. The highest BCUT2D eigenvalue weighted by Crippen LogP contribution is 2.24. The van der Waals surface area contributed by atoms with Crippen molar-refractivity contribution in [3.8, 4) is 0 Å². The van der Waals surface area contributed by atoms with Crippen LogP contribution >= 0.6 is 23.2 Å². The van der Waals surface area contributed by atoms with Crippen LogP contribution in [0.15, 0.2) is 23.3 Å². The van der Waals surface area contributed by atoms with Gasteiger partial charge >= 0.3 is 6.09 Å². The van der Waals surface area contributed by atoms with Crippen LogP contribution in [0.2, 0.25) is 10.0 Å². The number of azide groups is 1. The largest absolute Gasteiger partial charge is 0.456 e. The van der Waals surface area contributed by atoms with Gasteiger partial charge in [0.1, 0.15) is 6.61 Å². The van der Waals surface area contributed by atoms with E-state index in [2.05, 4.69) is 14.8 Å². The van der Waals surface area contributed by atoms with Crippen molar-refractivity contribution in [1.82, 2.24) is 0 Å². The van der Waals surface area contributed by atoms with Crippen molar-refractivity contribution < 1.29 is 9.53 Å². The van der Waals surface area contributed by atoms with Crippen LogP contribution in [0.4, 0.5) is 4.79 Å². The highest BCUT2D eigenvalue weighted by atomic mass is 35.5. The van der Waals surface area contributed by atoms with E-state index in [4.69, 9.17) is 28.7 Å². The van der Waals surface area contributed by atoms with Crippen LogP contribution in [0.1, 0.15) is 5.56 Å². The van der Waals surface area contributed by atoms with Crippen molar-refractivity contribution in [3.05, 3.63) is 44.3 Å². The average molecular weight is 246 g/mol. The van der Waals surface area contributed by atoms with Crippen LogP contribution in [0.3, 0.4) is 0 Å². The number of carbonyl (C=O) groups is 1. The summed E-state index contributed by atoms with van der Waals surface area (Å²) in [6, 6.07) is 4.90. The maximum absolute atomic E-state index is 10.7. The number of amides is 1. The molecular formula is C8H5Cl2N3O2. The van der Waals surface area contributed by atoms with Crippen molar-refractivity contribution in [3.63, 3.8) is 0 Å². The number of carbonyl (C=O) groups excluding carboxylic acids is 1. The molecule has 15 heavy (non-hydrogen) atoms. The van der Waals surface area contributed by atoms with Gasteiger partial charge in [-0.25, -0.2) is 4.79 Å². The van der Waals surface area contributed by atoms with Gasteiger partial charge in [-0.15, -0.1) is 0 Å². The van der Waals surface area contributed by atoms with E-state index in [1.54, 1.807) is 18.2 Å². The molecule has 0 aliphatic carbocycles. The second-order valence-corrected chi connectivity index (χ2v) is 3.26. The summed E-state index contributed by atoms with van der Waals surface area (Å²) < 4.78 is 4.60. The zero-order valence-corrected chi connectivity index (χ0v) is 8.87. The van der Waals surface area contributed by atoms with Gasteiger partial charge in [-0.1, -0.05) is 29.3 Å². The Kier molecular flexibility index (Phi) is 4.24. The topological polar surface area (TPSA) is 75.1 Å². The summed E-state index contributed by atoms with van der Waals surface area (Å²) in [6.45, 7) is -0.129. The summed E-state index contributed by atoms with van der Waals surface area (Å²) >= 11 is 11.6. The minimum absolute atomic E-state index is 0.129. The first-order valence-electron chi connectivity index (χ1n) is 3.80. The molecule has 5 nitrogen and oxygen atoms in total. The van der Waals surface area contributed by atoms with Crippen molar-refractivity contribution in [1.29, 1.82) is 0 Å². The molecule has 0 atom stereocenters. The van der Waals surface area contributed by atoms with Crippen molar-refractivity contribution in [2.75, 3.05) is 0 Å². The van der Waals surface area contributed by atoms with Crippen LogP contribution < -0.4 is 0 Å². The quantitative estimate of drug-likeness (QED) is 0.450. The Bertz CT molecular complexity index is 410. The molecule has 0 fully saturated rings. The molecule has 0 bridgehead atoms. The van der Waals surface area contributed by atoms with E-state index in [-0.39, 0.29) is 6.61 Å². The predicted molar refractivity (Wildman–Crippen MR) is 55.8 cm³/mol. The number of hydrogen-bond donors (Lipinski definition) is 0. The van der Waals surface area contributed by atoms with E-state index in [0.29, 0.717) is 15.6 Å². The van der Waals surface area contributed by atoms with Crippen molar-refractivity contribution in [2.24, 2.45) is 5.11 Å². The van der Waals surface area contributed by atoms with Gasteiger partial charge in [-0.05, 0) is 17.7 Å². The zero-order valence-electron chi connectivity index (χ0n) is 7.35. The summed E-state index contributed by atoms with van der Waals surface area (Å²) in [7, 11) is 0. The molecular weight excluding hydrogens is 241 g/mol. The van der Waals surface area contributed by atoms with E-state index in [1.165, 1.54) is 0 Å². The van der Waals surface area contributed by atoms with E-state index in [0.717, 1.165) is 0 Å². The van der Waals surface area contributed by atoms with Gasteiger partial charge < -0.3 is 4.74 Å². The molecule has 0 saturated heterocycles. The molecule has 0 spiro atoms. The summed E-state index contributed by atoms with van der Waals surface area (Å²) in [5, 5.41) is 3.50. The molecule has 0 unspecified atom stereocenters. The van der Waals surface area contributed by atoms with Gasteiger partial charge in [-0.3, -0.25) is 0 Å². The first-order chi connectivity index (χ1) is 7.15. The summed E-state index contributed by atoms with van der Waals surface area (Å²) in [6.07, 6.45) is -1.02. The number of hydrogen-bond acceptors (Lipinski definition) is 2. The van der Waals surface area contributed by atoms with Gasteiger partial charge in [0.25, 0.3) is 0 Å². The van der Waals surface area contributed by atoms with E-state index >= 15 is 0 Å². The molecule has 0 N–H and O–H groups in total. The molecule has 0 aliphatic heterocycles. The second kappa shape index (κ2) is 5.46. The Morgan fingerprint density at radius 1 is 1.47 bits per heavy atom. The number of benzene rings is 1. The molecule has 0 aromatic heterocycles. The second-order valence-electron chi connectivity index (χ2n) is 2.44. The average Bonchev–Trinajstić information content (AvgIpc) is 2.17. The Morgan fingerprint density at radius 2 is 2.07 bits per heavy atom. The molecule has 0 heterocycles. The number of halogens is 2. The number of ether oxygens (including phenoxy) is 1. The summed E-state index contributed by atoms with van der Waals surface area (Å²) in [4.78, 5) is 13.0. The highest BCUT2D eigenvalue weighted by Gasteiger charge is 2.07. The first kappa shape index (κ1) is 11.7. The normalized spacial score (nSPS) is 9.20. The highest BCUT2D eigenvalue weighted by molar-refractivity contribution is 6.35. The molecule has 78 valence electrons. The van der Waals surface area contributed by atoms with Gasteiger partial charge in [0.2, 0.25) is 0 Å². The third-order valence-corrected chi connectivity index (χ3v) is 2.24. The Labute approximate surface area is 95.2 Å². The molecule has 1 aromatic carbocycles. The summed E-state index contributed by atoms with van der Waals surface area (Å²) in [5.41, 5.74) is 8.42. The third-order valence-electron chi connectivity index (χ3n) is 1.53. The zero-order chi connectivity index (χ0) is 11.3. The first-order valence-corrected chi connectivity index (χ1v) is 4.55. The van der Waals surface area contributed by atoms with E-state index in [1.807, 2.05) is 0 Å². The fourth-order valence-corrected chi connectivity index (χ4v) is 1.38. The van der Waals surface area contributed by atoms with E-state index < -0.39 is 6.09 Å². The standard InChI is InChI=1S/C8H5Cl2N3O2/c9-6-2-1-3-7(10)5(6)4-15-8(14)12-13-11/h1-3H,4H2. The lowest BCUT2D eigenvalue weighted by molar-refractivity contribution is 0.150. The smallest absolute Gasteiger partial charge is 0.397 e. The van der Waals surface area contributed by atoms with E-state index in [9.17, 15) is 4.79 Å². The fourth-order valence-electron chi connectivity index (χ4n) is 0.870. The monoisotopic (exact) mass is 245 g/mol. The molecule has 7 heteroatoms. The van der Waals surface area contributed by atoms with Crippen LogP contribution in [0.25, 0.3) is 10.4 Å². The Balaban J connectivity index is 2.73. The number of nitrogens with zero attached hydrogens (tertiary/aromatic N) is 3. The fraction of sp³-hybridized carbons (Fsp3) is 0.125. The molecule has 1 aromatic rings. The summed E-state index contributed by atoms with van der Waals surface area (Å²) in [5.74, 6) is 0. The third kappa shape index (κ3) is 3.32. The van der Waals surface area contributed by atoms with Gasteiger partial charge in [0, 0.05) is 25.6 Å². The van der Waals surface area contributed by atoms with Crippen LogP contribution in [0, 0.1) is 0 Å². The van der Waals surface area contributed by atoms with Gasteiger partial charge in [0.15, 0.2) is 0 Å². The SMILES string of the molecule is [N-]=[N+]=NC(=O)OCc1c(Cl)cccc1Cl. The molecule has 0 saturated carbocycles. The maximum Gasteiger partial charge on any atom is 0.397 e. The predicted octanol–water partition coefficient (Wildman–Crippen LogP) is 3.94. The molecule has 0 aliphatic rings. The van der Waals surface area contributed by atoms with Crippen molar-refractivity contribution >= 4 is 29.3 Å². The molecule has 1 rings (SSSR count). The lowest BCUT2D eigenvalue weighted by atomic mass is 10.2. The molecule has 0 radical (unpaired) electrons. The minimum Gasteiger partial charge on any atom is -0.456 e. The van der Waals surface area contributed by atoms with Crippen molar-refractivity contribution in [2.45, 2.75) is 6.61 Å². The van der Waals surface area contributed by atoms with Crippen LogP contribution in [-0.4, -0.2) is 6.09 Å². The van der Waals surface area contributed by atoms with Crippen LogP contribution in [0.5, 0.6) is 0 Å². The lowest BCUT2D eigenvalue weighted by Gasteiger charge is -2.05. The number of rotatable bonds is 2. The maximum atomic E-state index is 10.7. The van der Waals surface area contributed by atoms with Crippen LogP contribution in [-0.2, 0) is 11.3 Å². The minimum atomic E-state index is -1.02. The van der Waals surface area contributed by atoms with Gasteiger partial charge in [0.05, 0.1) is 0 Å².